The molecule has 1 saturated heterocycles. The van der Waals surface area contributed by atoms with Gasteiger partial charge in [0.1, 0.15) is 36.3 Å². The third-order valence-corrected chi connectivity index (χ3v) is 6.87. The van der Waals surface area contributed by atoms with E-state index >= 15 is 4.39 Å². The Bertz CT molecular complexity index is 941. The molecule has 0 radical (unpaired) electrons. The fourth-order valence-corrected chi connectivity index (χ4v) is 4.77. The molecule has 0 bridgehead atoms. The van der Waals surface area contributed by atoms with Crippen molar-refractivity contribution in [3.05, 3.63) is 22.7 Å². The van der Waals surface area contributed by atoms with Crippen LogP contribution in [0.25, 0.3) is 0 Å². The minimum Gasteiger partial charge on any atom is -0.461 e. The Balaban J connectivity index is 1.58. The van der Waals surface area contributed by atoms with Gasteiger partial charge in [0.25, 0.3) is 14.0 Å². The largest absolute Gasteiger partial charge is 0.461 e. The highest BCUT2D eigenvalue weighted by atomic mass is 31.1. The second kappa shape index (κ2) is 10.2. The molecule has 1 aliphatic heterocycles. The lowest BCUT2D eigenvalue weighted by Crippen LogP contribution is -2.49. The van der Waals surface area contributed by atoms with Crippen LogP contribution in [0.5, 0.6) is 0 Å². The first-order chi connectivity index (χ1) is 15.4. The van der Waals surface area contributed by atoms with Crippen molar-refractivity contribution in [2.45, 2.75) is 81.9 Å². The number of nitrogens with zero attached hydrogens (tertiary/aromatic N) is 2. The van der Waals surface area contributed by atoms with Gasteiger partial charge in [0.15, 0.2) is 6.23 Å². The van der Waals surface area contributed by atoms with Gasteiger partial charge in [-0.05, 0) is 45.6 Å². The lowest BCUT2D eigenvalue weighted by Gasteiger charge is -2.27. The molecule has 2 fully saturated rings. The van der Waals surface area contributed by atoms with Crippen LogP contribution in [0.1, 0.15) is 52.2 Å². The predicted octanol–water partition coefficient (Wildman–Crippen LogP) is 0.392. The Morgan fingerprint density at radius 2 is 2.15 bits per heavy atom. The fraction of sp³-hybridized carbons (Fsp3) is 0.737. The van der Waals surface area contributed by atoms with Gasteiger partial charge in [-0.25, -0.2) is 14.3 Å². The molecule has 2 heterocycles. The Morgan fingerprint density at radius 3 is 2.79 bits per heavy atom. The number of aliphatic hydroxyl groups is 2. The molecule has 3 rings (SSSR count). The number of anilines is 1. The summed E-state index contributed by atoms with van der Waals surface area (Å²) in [4.78, 5) is 27.7. The van der Waals surface area contributed by atoms with Crippen LogP contribution >= 0.6 is 8.18 Å². The number of aromatic nitrogens is 2. The number of rotatable bonds is 8. The SMILES string of the molecule is C[C@H](N[PH](=O)OC[C@@]1(F)O[C@@H](n2ccc(N)nc2=O)[C@](C)(O)[C@@H]1O)C(=O)OC1CCCCC1. The number of halogens is 1. The first-order valence-electron chi connectivity index (χ1n) is 10.7. The van der Waals surface area contributed by atoms with Gasteiger partial charge in [-0.15, -0.1) is 0 Å². The molecule has 12 nitrogen and oxygen atoms in total. The quantitative estimate of drug-likeness (QED) is 0.292. The first kappa shape index (κ1) is 25.7. The summed E-state index contributed by atoms with van der Waals surface area (Å²) in [6, 6.07) is 0.261. The van der Waals surface area contributed by atoms with Crippen LogP contribution < -0.4 is 16.5 Å². The molecule has 0 amide bonds. The number of nitrogen functional groups attached to an aromatic ring is 1. The van der Waals surface area contributed by atoms with Crippen molar-refractivity contribution in [2.24, 2.45) is 0 Å². The summed E-state index contributed by atoms with van der Waals surface area (Å²) in [7, 11) is -3.16. The molecule has 0 spiro atoms. The van der Waals surface area contributed by atoms with Crippen LogP contribution in [0.3, 0.4) is 0 Å². The molecular weight excluding hydrogens is 462 g/mol. The molecule has 186 valence electrons. The summed E-state index contributed by atoms with van der Waals surface area (Å²) in [5.74, 6) is -3.71. The number of carbonyl (C=O) groups is 1. The molecule has 33 heavy (non-hydrogen) atoms. The van der Waals surface area contributed by atoms with Crippen molar-refractivity contribution in [3.63, 3.8) is 0 Å². The van der Waals surface area contributed by atoms with Crippen LogP contribution in [0, 0.1) is 0 Å². The van der Waals surface area contributed by atoms with Gasteiger partial charge in [-0.2, -0.15) is 4.98 Å². The minimum atomic E-state index is -3.16. The lowest BCUT2D eigenvalue weighted by molar-refractivity contribution is -0.202. The van der Waals surface area contributed by atoms with Crippen molar-refractivity contribution in [1.82, 2.24) is 14.6 Å². The normalized spacial score (nSPS) is 32.4. The average Bonchev–Trinajstić information content (AvgIpc) is 2.93. The Morgan fingerprint density at radius 1 is 1.48 bits per heavy atom. The van der Waals surface area contributed by atoms with E-state index in [1.54, 1.807) is 0 Å². The van der Waals surface area contributed by atoms with E-state index in [1.165, 1.54) is 13.0 Å². The van der Waals surface area contributed by atoms with E-state index in [4.69, 9.17) is 19.7 Å². The van der Waals surface area contributed by atoms with Crippen molar-refractivity contribution in [1.29, 1.82) is 0 Å². The maximum atomic E-state index is 15.4. The molecule has 1 aromatic heterocycles. The highest BCUT2D eigenvalue weighted by Crippen LogP contribution is 2.45. The summed E-state index contributed by atoms with van der Waals surface area (Å²) in [6.07, 6.45) is 1.72. The van der Waals surface area contributed by atoms with E-state index in [1.807, 2.05) is 0 Å². The number of hydrogen-bond acceptors (Lipinski definition) is 10. The minimum absolute atomic E-state index is 0.0925. The topological polar surface area (TPSA) is 175 Å². The van der Waals surface area contributed by atoms with Crippen molar-refractivity contribution < 1.29 is 38.0 Å². The molecule has 1 saturated carbocycles. The summed E-state index contributed by atoms with van der Waals surface area (Å²) in [5.41, 5.74) is 2.23. The number of alkyl halides is 1. The molecule has 14 heteroatoms. The van der Waals surface area contributed by atoms with Crippen molar-refractivity contribution >= 4 is 20.0 Å². The van der Waals surface area contributed by atoms with Gasteiger partial charge in [-0.1, -0.05) is 6.42 Å². The maximum absolute atomic E-state index is 15.4. The number of ether oxygens (including phenoxy) is 2. The van der Waals surface area contributed by atoms with Crippen LogP contribution in [0.4, 0.5) is 10.2 Å². The standard InChI is InChI=1S/C19H30FN4O8P/c1-11(14(25)31-12-6-4-3-5-7-12)23-33(29)30-10-19(20)15(26)18(2,28)16(32-19)24-9-8-13(21)22-17(24)27/h8-9,11-12,15-16,26,28,33H,3-7,10H2,1-2H3,(H,23,29)(H2,21,22,27)/t11-,15-,16+,18+,19+/m0/s1. The molecule has 1 unspecified atom stereocenters. The number of esters is 1. The van der Waals surface area contributed by atoms with E-state index < -0.39 is 56.3 Å². The first-order valence-corrected chi connectivity index (χ1v) is 12.0. The Hall–Kier alpha value is -1.89. The zero-order valence-electron chi connectivity index (χ0n) is 18.4. The summed E-state index contributed by atoms with van der Waals surface area (Å²) in [5, 5.41) is 23.4. The van der Waals surface area contributed by atoms with Crippen molar-refractivity contribution in [2.75, 3.05) is 12.3 Å². The van der Waals surface area contributed by atoms with Gasteiger partial charge in [0.05, 0.1) is 0 Å². The smallest absolute Gasteiger partial charge is 0.351 e. The fourth-order valence-electron chi connectivity index (χ4n) is 3.89. The van der Waals surface area contributed by atoms with Gasteiger partial charge in [-0.3, -0.25) is 13.9 Å². The molecular formula is C19H30FN4O8P. The molecule has 1 aliphatic carbocycles. The second-order valence-corrected chi connectivity index (χ2v) is 9.72. The predicted molar refractivity (Wildman–Crippen MR) is 114 cm³/mol. The molecule has 1 aromatic rings. The van der Waals surface area contributed by atoms with Gasteiger partial charge >= 0.3 is 11.7 Å². The molecule has 6 atom stereocenters. The number of hydrogen-bond donors (Lipinski definition) is 4. The Labute approximate surface area is 190 Å². The number of nitrogens with two attached hydrogens (primary N) is 1. The second-order valence-electron chi connectivity index (χ2n) is 8.57. The highest BCUT2D eigenvalue weighted by Gasteiger charge is 2.63. The lowest BCUT2D eigenvalue weighted by atomic mass is 9.95. The van der Waals surface area contributed by atoms with Crippen LogP contribution in [0.2, 0.25) is 0 Å². The van der Waals surface area contributed by atoms with Gasteiger partial charge < -0.3 is 29.9 Å². The number of nitrogens with one attached hydrogen (secondary N) is 1. The molecule has 0 aromatic carbocycles. The zero-order chi connectivity index (χ0) is 24.4. The van der Waals surface area contributed by atoms with Crippen molar-refractivity contribution in [3.8, 4) is 0 Å². The highest BCUT2D eigenvalue weighted by molar-refractivity contribution is 7.36. The maximum Gasteiger partial charge on any atom is 0.351 e. The van der Waals surface area contributed by atoms with Crippen LogP contribution in [0.15, 0.2) is 17.1 Å². The molecule has 5 N–H and O–H groups in total. The van der Waals surface area contributed by atoms with Crippen LogP contribution in [-0.4, -0.2) is 62.0 Å². The van der Waals surface area contributed by atoms with E-state index in [9.17, 15) is 24.4 Å². The molecule has 2 aliphatic rings. The third-order valence-electron chi connectivity index (χ3n) is 5.80. The third kappa shape index (κ3) is 5.79. The summed E-state index contributed by atoms with van der Waals surface area (Å²) >= 11 is 0. The van der Waals surface area contributed by atoms with E-state index in [-0.39, 0.29) is 11.9 Å². The van der Waals surface area contributed by atoms with E-state index in [2.05, 4.69) is 10.1 Å². The van der Waals surface area contributed by atoms with E-state index in [0.29, 0.717) is 0 Å². The van der Waals surface area contributed by atoms with E-state index in [0.717, 1.165) is 49.8 Å². The Kier molecular flexibility index (Phi) is 7.92. The van der Waals surface area contributed by atoms with Gasteiger partial charge in [0.2, 0.25) is 0 Å². The van der Waals surface area contributed by atoms with Gasteiger partial charge in [0, 0.05) is 6.20 Å². The average molecular weight is 492 g/mol. The van der Waals surface area contributed by atoms with Crippen LogP contribution in [-0.2, 0) is 23.4 Å². The zero-order valence-corrected chi connectivity index (χ0v) is 19.4. The summed E-state index contributed by atoms with van der Waals surface area (Å²) in [6.45, 7) is 1.45. The summed E-state index contributed by atoms with van der Waals surface area (Å²) < 4.78 is 43.9. The number of aliphatic hydroxyl groups excluding tert-OH is 1. The number of carbonyl (C=O) groups excluding carboxylic acids is 1. The monoisotopic (exact) mass is 492 g/mol.